The zero-order valence-electron chi connectivity index (χ0n) is 10.8. The third-order valence-corrected chi connectivity index (χ3v) is 3.44. The molecule has 0 bridgehead atoms. The molecule has 2 rings (SSSR count). The van der Waals surface area contributed by atoms with E-state index in [1.165, 1.54) is 0 Å². The molecule has 1 fully saturated rings. The number of hydrogen-bond acceptors (Lipinski definition) is 3. The fourth-order valence-electron chi connectivity index (χ4n) is 2.39. The number of hydrogen-bond donors (Lipinski definition) is 1. The lowest BCUT2D eigenvalue weighted by molar-refractivity contribution is -0.174. The van der Waals surface area contributed by atoms with Gasteiger partial charge in [-0.2, -0.15) is 13.2 Å². The molecule has 0 amide bonds. The lowest BCUT2D eigenvalue weighted by Crippen LogP contribution is -2.28. The first kappa shape index (κ1) is 14.3. The molecule has 108 valence electrons. The van der Waals surface area contributed by atoms with E-state index in [1.54, 1.807) is 12.5 Å². The third kappa shape index (κ3) is 3.70. The number of imidazole rings is 1. The molecule has 19 heavy (non-hydrogen) atoms. The summed E-state index contributed by atoms with van der Waals surface area (Å²) in [6, 6.07) is 0. The zero-order valence-corrected chi connectivity index (χ0v) is 10.8. The van der Waals surface area contributed by atoms with Crippen LogP contribution < -0.4 is 5.32 Å². The first-order valence-corrected chi connectivity index (χ1v) is 6.27. The van der Waals surface area contributed by atoms with Crippen molar-refractivity contribution in [1.29, 1.82) is 0 Å². The van der Waals surface area contributed by atoms with E-state index in [2.05, 4.69) is 22.0 Å². The van der Waals surface area contributed by atoms with Gasteiger partial charge in [0.1, 0.15) is 6.61 Å². The van der Waals surface area contributed by atoms with Gasteiger partial charge in [0, 0.05) is 30.4 Å². The number of ether oxygens (including phenoxy) is 1. The molecular weight excluding hydrogens is 259 g/mol. The maximum Gasteiger partial charge on any atom is 0.411 e. The molecule has 1 N–H and O–H groups in total. The van der Waals surface area contributed by atoms with E-state index in [0.29, 0.717) is 6.54 Å². The number of nitrogens with one attached hydrogen (secondary N) is 1. The Bertz CT molecular complexity index is 411. The van der Waals surface area contributed by atoms with Gasteiger partial charge in [-0.1, -0.05) is 6.92 Å². The lowest BCUT2D eigenvalue weighted by atomic mass is 9.86. The van der Waals surface area contributed by atoms with Gasteiger partial charge in [0.05, 0.1) is 12.9 Å². The fourth-order valence-corrected chi connectivity index (χ4v) is 2.39. The van der Waals surface area contributed by atoms with E-state index in [1.807, 2.05) is 4.57 Å². The summed E-state index contributed by atoms with van der Waals surface area (Å²) in [6.07, 6.45) is 0.174. The number of alkyl halides is 3. The van der Waals surface area contributed by atoms with Crippen molar-refractivity contribution in [3.05, 3.63) is 18.2 Å². The van der Waals surface area contributed by atoms with Gasteiger partial charge >= 0.3 is 6.18 Å². The quantitative estimate of drug-likeness (QED) is 0.833. The number of halogens is 3. The van der Waals surface area contributed by atoms with Crippen molar-refractivity contribution in [2.45, 2.75) is 31.5 Å². The number of aromatic nitrogens is 2. The summed E-state index contributed by atoms with van der Waals surface area (Å²) in [5.74, 6) is 0. The highest BCUT2D eigenvalue weighted by Gasteiger charge is 2.33. The molecule has 1 atom stereocenters. The summed E-state index contributed by atoms with van der Waals surface area (Å²) in [6.45, 7) is 3.18. The van der Waals surface area contributed by atoms with Crippen LogP contribution >= 0.6 is 0 Å². The van der Waals surface area contributed by atoms with Crippen LogP contribution in [-0.2, 0) is 16.7 Å². The highest BCUT2D eigenvalue weighted by molar-refractivity contribution is 5.17. The second kappa shape index (κ2) is 5.50. The monoisotopic (exact) mass is 277 g/mol. The molecule has 2 heterocycles. The summed E-state index contributed by atoms with van der Waals surface area (Å²) in [7, 11) is 0. The Morgan fingerprint density at radius 1 is 1.53 bits per heavy atom. The largest absolute Gasteiger partial charge is 0.411 e. The van der Waals surface area contributed by atoms with Gasteiger partial charge in [-0.15, -0.1) is 0 Å². The molecule has 0 aromatic carbocycles. The third-order valence-electron chi connectivity index (χ3n) is 3.44. The van der Waals surface area contributed by atoms with E-state index < -0.39 is 12.8 Å². The predicted molar refractivity (Wildman–Crippen MR) is 63.9 cm³/mol. The summed E-state index contributed by atoms with van der Waals surface area (Å²) in [5, 5.41) is 3.29. The van der Waals surface area contributed by atoms with Crippen molar-refractivity contribution in [2.24, 2.45) is 0 Å². The molecule has 1 aromatic rings. The van der Waals surface area contributed by atoms with Crippen molar-refractivity contribution in [2.75, 3.05) is 26.3 Å². The molecule has 1 aromatic heterocycles. The maximum atomic E-state index is 12.0. The van der Waals surface area contributed by atoms with Gasteiger partial charge in [-0.3, -0.25) is 0 Å². The molecule has 0 radical (unpaired) electrons. The van der Waals surface area contributed by atoms with Crippen molar-refractivity contribution in [3.8, 4) is 0 Å². The first-order valence-electron chi connectivity index (χ1n) is 6.27. The van der Waals surface area contributed by atoms with Gasteiger partial charge in [-0.05, 0) is 13.0 Å². The highest BCUT2D eigenvalue weighted by atomic mass is 19.4. The summed E-state index contributed by atoms with van der Waals surface area (Å²) in [4.78, 5) is 4.10. The summed E-state index contributed by atoms with van der Waals surface area (Å²) >= 11 is 0. The Morgan fingerprint density at radius 3 is 2.95 bits per heavy atom. The van der Waals surface area contributed by atoms with Crippen LogP contribution in [0.3, 0.4) is 0 Å². The van der Waals surface area contributed by atoms with Crippen LogP contribution in [0.2, 0.25) is 0 Å². The molecule has 0 saturated carbocycles. The molecule has 1 aliphatic rings. The van der Waals surface area contributed by atoms with Crippen molar-refractivity contribution < 1.29 is 17.9 Å². The molecule has 1 unspecified atom stereocenters. The lowest BCUT2D eigenvalue weighted by Gasteiger charge is -2.24. The SMILES string of the molecule is CC1(c2cncn2CCOCC(F)(F)F)CCNC1. The molecule has 0 aliphatic carbocycles. The average Bonchev–Trinajstić information content (AvgIpc) is 2.92. The number of rotatable bonds is 5. The van der Waals surface area contributed by atoms with Crippen molar-refractivity contribution in [3.63, 3.8) is 0 Å². The minimum Gasteiger partial charge on any atom is -0.370 e. The Balaban J connectivity index is 1.90. The van der Waals surface area contributed by atoms with E-state index in [-0.39, 0.29) is 12.0 Å². The zero-order chi connectivity index (χ0) is 13.9. The molecule has 1 aliphatic heterocycles. The van der Waals surface area contributed by atoms with E-state index in [0.717, 1.165) is 25.2 Å². The van der Waals surface area contributed by atoms with Gasteiger partial charge in [0.25, 0.3) is 0 Å². The smallest absolute Gasteiger partial charge is 0.370 e. The van der Waals surface area contributed by atoms with Crippen LogP contribution in [-0.4, -0.2) is 42.0 Å². The van der Waals surface area contributed by atoms with E-state index in [9.17, 15) is 13.2 Å². The Hall–Kier alpha value is -1.08. The van der Waals surface area contributed by atoms with Crippen molar-refractivity contribution in [1.82, 2.24) is 14.9 Å². The van der Waals surface area contributed by atoms with Crippen LogP contribution in [0.15, 0.2) is 12.5 Å². The minimum absolute atomic E-state index is 0.000523. The van der Waals surface area contributed by atoms with Crippen LogP contribution in [0.1, 0.15) is 19.0 Å². The molecule has 4 nitrogen and oxygen atoms in total. The van der Waals surface area contributed by atoms with Gasteiger partial charge < -0.3 is 14.6 Å². The minimum atomic E-state index is -4.26. The summed E-state index contributed by atoms with van der Waals surface area (Å²) in [5.41, 5.74) is 1.05. The topological polar surface area (TPSA) is 39.1 Å². The molecular formula is C12H18F3N3O. The van der Waals surface area contributed by atoms with Gasteiger partial charge in [0.2, 0.25) is 0 Å². The Kier molecular flexibility index (Phi) is 4.15. The van der Waals surface area contributed by atoms with Crippen LogP contribution in [0.25, 0.3) is 0 Å². The van der Waals surface area contributed by atoms with Crippen molar-refractivity contribution >= 4 is 0 Å². The van der Waals surface area contributed by atoms with Gasteiger partial charge in [0.15, 0.2) is 0 Å². The Labute approximate surface area is 110 Å². The van der Waals surface area contributed by atoms with Gasteiger partial charge in [-0.25, -0.2) is 4.98 Å². The van der Waals surface area contributed by atoms with Crippen LogP contribution in [0, 0.1) is 0 Å². The molecule has 7 heteroatoms. The number of nitrogens with zero attached hydrogens (tertiary/aromatic N) is 2. The first-order chi connectivity index (χ1) is 8.91. The van der Waals surface area contributed by atoms with Crippen LogP contribution in [0.5, 0.6) is 0 Å². The van der Waals surface area contributed by atoms with E-state index in [4.69, 9.17) is 0 Å². The highest BCUT2D eigenvalue weighted by Crippen LogP contribution is 2.29. The maximum absolute atomic E-state index is 12.0. The second-order valence-corrected chi connectivity index (χ2v) is 5.13. The van der Waals surface area contributed by atoms with E-state index >= 15 is 0 Å². The molecule has 1 saturated heterocycles. The summed E-state index contributed by atoms with van der Waals surface area (Å²) < 4.78 is 42.4. The molecule has 0 spiro atoms. The standard InChI is InChI=1S/C12H18F3N3O/c1-11(2-3-16-7-11)10-6-17-9-18(10)4-5-19-8-12(13,14)15/h6,9,16H,2-5,7-8H2,1H3. The fraction of sp³-hybridized carbons (Fsp3) is 0.750. The normalized spacial score (nSPS) is 24.0. The van der Waals surface area contributed by atoms with Crippen LogP contribution in [0.4, 0.5) is 13.2 Å². The second-order valence-electron chi connectivity index (χ2n) is 5.13. The predicted octanol–water partition coefficient (Wildman–Crippen LogP) is 1.71. The Morgan fingerprint density at radius 2 is 2.32 bits per heavy atom. The average molecular weight is 277 g/mol.